The predicted octanol–water partition coefficient (Wildman–Crippen LogP) is 5.10. The first-order chi connectivity index (χ1) is 11.0. The number of hydrogen-bond donors (Lipinski definition) is 0. The summed E-state index contributed by atoms with van der Waals surface area (Å²) in [6, 6.07) is 15.5. The van der Waals surface area contributed by atoms with Crippen LogP contribution in [0.3, 0.4) is 0 Å². The molecule has 1 unspecified atom stereocenters. The highest BCUT2D eigenvalue weighted by atomic mass is 15.4. The van der Waals surface area contributed by atoms with Crippen molar-refractivity contribution in [3.8, 4) is 11.1 Å². The van der Waals surface area contributed by atoms with E-state index in [1.165, 1.54) is 33.6 Å². The molecule has 2 aromatic rings. The lowest BCUT2D eigenvalue weighted by Crippen LogP contribution is -2.50. The minimum absolute atomic E-state index is 0.158. The molecule has 118 valence electrons. The molecule has 0 spiro atoms. The molecule has 0 saturated carbocycles. The molecule has 2 heteroatoms. The number of allylic oxidation sites excluding steroid dienone is 1. The zero-order valence-electron chi connectivity index (χ0n) is 14.6. The molecule has 0 radical (unpaired) electrons. The van der Waals surface area contributed by atoms with Crippen LogP contribution in [-0.4, -0.2) is 11.9 Å². The third kappa shape index (κ3) is 1.69. The molecule has 2 nitrogen and oxygen atoms in total. The maximum Gasteiger partial charge on any atom is 0.141 e. The first kappa shape index (κ1) is 14.4. The molecule has 0 saturated heterocycles. The van der Waals surface area contributed by atoms with Gasteiger partial charge in [-0.05, 0) is 37.0 Å². The lowest BCUT2D eigenvalue weighted by Gasteiger charge is -2.49. The number of fused-ring (bicyclic) bond motifs is 6. The fourth-order valence-electron chi connectivity index (χ4n) is 4.28. The van der Waals surface area contributed by atoms with Gasteiger partial charge in [0.2, 0.25) is 0 Å². The fourth-order valence-corrected chi connectivity index (χ4v) is 4.28. The van der Waals surface area contributed by atoms with Crippen LogP contribution in [0, 0.1) is 12.8 Å². The summed E-state index contributed by atoms with van der Waals surface area (Å²) in [5.74, 6) is 0.484. The highest BCUT2D eigenvalue weighted by Crippen LogP contribution is 2.54. The fraction of sp³-hybridized carbons (Fsp3) is 0.333. The van der Waals surface area contributed by atoms with Crippen molar-refractivity contribution >= 4 is 5.69 Å². The first-order valence-corrected chi connectivity index (χ1v) is 8.40. The second kappa shape index (κ2) is 4.64. The average molecular weight is 304 g/mol. The van der Waals surface area contributed by atoms with E-state index in [1.807, 2.05) is 0 Å². The number of benzene rings is 2. The van der Waals surface area contributed by atoms with Crippen LogP contribution in [0.2, 0.25) is 0 Å². The molecule has 0 bridgehead atoms. The molecule has 0 aromatic heterocycles. The van der Waals surface area contributed by atoms with Crippen LogP contribution in [-0.2, 0) is 5.66 Å². The van der Waals surface area contributed by atoms with Crippen molar-refractivity contribution in [1.29, 1.82) is 0 Å². The molecular formula is C21H24N2. The summed E-state index contributed by atoms with van der Waals surface area (Å²) in [4.78, 5) is 4.92. The molecule has 2 aliphatic heterocycles. The number of anilines is 1. The Morgan fingerprint density at radius 1 is 0.957 bits per heavy atom. The van der Waals surface area contributed by atoms with E-state index in [2.05, 4.69) is 93.2 Å². The lowest BCUT2D eigenvalue weighted by atomic mass is 9.81. The monoisotopic (exact) mass is 304 g/mol. The summed E-state index contributed by atoms with van der Waals surface area (Å²) in [6.45, 7) is 9.14. The molecule has 2 aromatic carbocycles. The van der Waals surface area contributed by atoms with E-state index in [4.69, 9.17) is 0 Å². The van der Waals surface area contributed by atoms with Gasteiger partial charge in [0.05, 0.1) is 5.69 Å². The molecule has 1 atom stereocenters. The van der Waals surface area contributed by atoms with Gasteiger partial charge in [-0.25, -0.2) is 0 Å². The quantitative estimate of drug-likeness (QED) is 0.723. The van der Waals surface area contributed by atoms with Gasteiger partial charge in [0, 0.05) is 30.1 Å². The summed E-state index contributed by atoms with van der Waals surface area (Å²) < 4.78 is 0. The van der Waals surface area contributed by atoms with Crippen LogP contribution in [0.5, 0.6) is 0 Å². The topological polar surface area (TPSA) is 6.48 Å². The second-order valence-corrected chi connectivity index (χ2v) is 7.19. The van der Waals surface area contributed by atoms with Gasteiger partial charge in [-0.3, -0.25) is 0 Å². The Morgan fingerprint density at radius 3 is 2.39 bits per heavy atom. The largest absolute Gasteiger partial charge is 0.352 e. The highest BCUT2D eigenvalue weighted by molar-refractivity contribution is 5.88. The van der Waals surface area contributed by atoms with Crippen LogP contribution in [0.25, 0.3) is 11.1 Å². The predicted molar refractivity (Wildman–Crippen MR) is 97.1 cm³/mol. The van der Waals surface area contributed by atoms with Crippen molar-refractivity contribution in [1.82, 2.24) is 4.90 Å². The number of rotatable bonds is 1. The summed E-state index contributed by atoms with van der Waals surface area (Å²) in [6.07, 6.45) is 2.32. The van der Waals surface area contributed by atoms with Crippen molar-refractivity contribution in [2.75, 3.05) is 11.9 Å². The zero-order valence-corrected chi connectivity index (χ0v) is 14.6. The van der Waals surface area contributed by atoms with Crippen molar-refractivity contribution in [3.63, 3.8) is 0 Å². The van der Waals surface area contributed by atoms with Crippen molar-refractivity contribution in [3.05, 3.63) is 65.5 Å². The molecule has 2 aliphatic rings. The van der Waals surface area contributed by atoms with E-state index in [-0.39, 0.29) is 5.66 Å². The van der Waals surface area contributed by atoms with Crippen LogP contribution >= 0.6 is 0 Å². The van der Waals surface area contributed by atoms with E-state index in [9.17, 15) is 0 Å². The third-order valence-corrected chi connectivity index (χ3v) is 5.48. The average Bonchev–Trinajstić information content (AvgIpc) is 2.80. The number of hydrogen-bond acceptors (Lipinski definition) is 2. The van der Waals surface area contributed by atoms with Crippen LogP contribution in [0.1, 0.15) is 31.9 Å². The Bertz CT molecular complexity index is 818. The lowest BCUT2D eigenvalue weighted by molar-refractivity contribution is 0.226. The first-order valence-electron chi connectivity index (χ1n) is 8.40. The number of para-hydroxylation sites is 1. The second-order valence-electron chi connectivity index (χ2n) is 7.19. The number of aryl methyl sites for hydroxylation is 1. The Morgan fingerprint density at radius 2 is 1.65 bits per heavy atom. The van der Waals surface area contributed by atoms with Gasteiger partial charge in [-0.1, -0.05) is 50.2 Å². The van der Waals surface area contributed by atoms with E-state index >= 15 is 0 Å². The Kier molecular flexibility index (Phi) is 2.90. The van der Waals surface area contributed by atoms with E-state index in [0.717, 1.165) is 0 Å². The SMILES string of the molecule is Cc1cccc2c1C1(C)N(C)C=C(C(C)C)N1c1ccccc1-2. The van der Waals surface area contributed by atoms with E-state index in [0.29, 0.717) is 5.92 Å². The summed E-state index contributed by atoms with van der Waals surface area (Å²) in [7, 11) is 2.20. The van der Waals surface area contributed by atoms with Gasteiger partial charge in [-0.2, -0.15) is 0 Å². The van der Waals surface area contributed by atoms with Gasteiger partial charge >= 0.3 is 0 Å². The van der Waals surface area contributed by atoms with Crippen LogP contribution in [0.15, 0.2) is 54.4 Å². The Hall–Kier alpha value is -2.22. The van der Waals surface area contributed by atoms with Crippen molar-refractivity contribution < 1.29 is 0 Å². The molecule has 0 aliphatic carbocycles. The summed E-state index contributed by atoms with van der Waals surface area (Å²) >= 11 is 0. The molecule has 0 fully saturated rings. The van der Waals surface area contributed by atoms with Gasteiger partial charge in [0.1, 0.15) is 5.66 Å². The normalized spacial score (nSPS) is 21.9. The van der Waals surface area contributed by atoms with Gasteiger partial charge in [0.25, 0.3) is 0 Å². The molecule has 0 N–H and O–H groups in total. The zero-order chi connectivity index (χ0) is 16.4. The van der Waals surface area contributed by atoms with Crippen molar-refractivity contribution in [2.24, 2.45) is 5.92 Å². The molecular weight excluding hydrogens is 280 g/mol. The van der Waals surface area contributed by atoms with E-state index in [1.54, 1.807) is 0 Å². The smallest absolute Gasteiger partial charge is 0.141 e. The summed E-state index contributed by atoms with van der Waals surface area (Å²) in [5.41, 5.74) is 8.03. The Labute approximate surface area is 139 Å². The maximum absolute atomic E-state index is 2.54. The minimum Gasteiger partial charge on any atom is -0.352 e. The third-order valence-electron chi connectivity index (χ3n) is 5.48. The number of nitrogens with zero attached hydrogens (tertiary/aromatic N) is 2. The van der Waals surface area contributed by atoms with Gasteiger partial charge in [0.15, 0.2) is 0 Å². The molecule has 2 heterocycles. The van der Waals surface area contributed by atoms with Gasteiger partial charge < -0.3 is 9.80 Å². The Balaban J connectivity index is 2.10. The van der Waals surface area contributed by atoms with Crippen LogP contribution in [0.4, 0.5) is 5.69 Å². The van der Waals surface area contributed by atoms with Crippen molar-refractivity contribution in [2.45, 2.75) is 33.4 Å². The van der Waals surface area contributed by atoms with Crippen LogP contribution < -0.4 is 4.90 Å². The molecule has 23 heavy (non-hydrogen) atoms. The minimum atomic E-state index is -0.158. The molecule has 0 amide bonds. The molecule has 4 rings (SSSR count). The summed E-state index contributed by atoms with van der Waals surface area (Å²) in [5, 5.41) is 0. The van der Waals surface area contributed by atoms with E-state index < -0.39 is 0 Å². The highest BCUT2D eigenvalue weighted by Gasteiger charge is 2.49. The maximum atomic E-state index is 2.54. The van der Waals surface area contributed by atoms with Gasteiger partial charge in [-0.15, -0.1) is 0 Å². The standard InChI is InChI=1S/C21H24N2/c1-14(2)19-13-22(5)21(4)20-15(3)9-8-11-17(20)16-10-6-7-12-18(16)23(19)21/h6-14H,1-5H3.